The van der Waals surface area contributed by atoms with Crippen LogP contribution >= 0.6 is 0 Å². The van der Waals surface area contributed by atoms with E-state index in [1.807, 2.05) is 12.1 Å². The molecule has 0 spiro atoms. The lowest BCUT2D eigenvalue weighted by Crippen LogP contribution is -2.36. The van der Waals surface area contributed by atoms with Crippen LogP contribution in [0.25, 0.3) is 0 Å². The normalized spacial score (nSPS) is 11.3. The summed E-state index contributed by atoms with van der Waals surface area (Å²) in [7, 11) is -3.68. The van der Waals surface area contributed by atoms with Crippen molar-refractivity contribution in [3.8, 4) is 12.1 Å². The first-order chi connectivity index (χ1) is 9.54. The van der Waals surface area contributed by atoms with Gasteiger partial charge in [-0.05, 0) is 25.0 Å². The van der Waals surface area contributed by atoms with Gasteiger partial charge in [-0.25, -0.2) is 8.42 Å². The Kier molecular flexibility index (Phi) is 5.49. The highest BCUT2D eigenvalue weighted by atomic mass is 32.2. The van der Waals surface area contributed by atoms with Crippen molar-refractivity contribution in [1.82, 2.24) is 0 Å². The highest BCUT2D eigenvalue weighted by molar-refractivity contribution is 7.93. The number of nitriles is 2. The van der Waals surface area contributed by atoms with E-state index in [9.17, 15) is 8.42 Å². The lowest BCUT2D eigenvalue weighted by molar-refractivity contribution is 0.518. The number of rotatable bonds is 7. The predicted molar refractivity (Wildman–Crippen MR) is 76.2 cm³/mol. The van der Waals surface area contributed by atoms with Crippen LogP contribution in [0.5, 0.6) is 0 Å². The smallest absolute Gasteiger partial charge is 0.187 e. The molecule has 0 aliphatic rings. The third kappa shape index (κ3) is 3.07. The minimum Gasteiger partial charge on any atom is -0.223 e. The molecule has 0 aromatic heterocycles. The fraction of sp³-hybridized carbons (Fsp3) is 0.333. The van der Waals surface area contributed by atoms with Gasteiger partial charge in [0.15, 0.2) is 9.84 Å². The van der Waals surface area contributed by atoms with E-state index in [0.717, 1.165) is 0 Å². The summed E-state index contributed by atoms with van der Waals surface area (Å²) < 4.78 is 24.3. The monoisotopic (exact) mass is 288 g/mol. The summed E-state index contributed by atoms with van der Waals surface area (Å²) in [5.74, 6) is 0. The maximum absolute atomic E-state index is 12.8. The van der Waals surface area contributed by atoms with E-state index in [1.54, 1.807) is 18.2 Å². The summed E-state index contributed by atoms with van der Waals surface area (Å²) >= 11 is 0. The zero-order valence-corrected chi connectivity index (χ0v) is 11.9. The van der Waals surface area contributed by atoms with Crippen LogP contribution in [-0.4, -0.2) is 13.2 Å². The van der Waals surface area contributed by atoms with Gasteiger partial charge in [0.2, 0.25) is 0 Å². The van der Waals surface area contributed by atoms with Gasteiger partial charge in [-0.1, -0.05) is 24.3 Å². The first-order valence-corrected chi connectivity index (χ1v) is 7.69. The van der Waals surface area contributed by atoms with Crippen molar-refractivity contribution in [2.75, 3.05) is 0 Å². The highest BCUT2D eigenvalue weighted by Gasteiger charge is 2.41. The fourth-order valence-electron chi connectivity index (χ4n) is 2.08. The van der Waals surface area contributed by atoms with Crippen LogP contribution in [0.3, 0.4) is 0 Å². The molecule has 1 aromatic rings. The molecule has 0 aliphatic carbocycles. The molecule has 0 radical (unpaired) electrons. The lowest BCUT2D eigenvalue weighted by atomic mass is 9.97. The molecule has 0 bridgehead atoms. The molecule has 1 rings (SSSR count). The standard InChI is InChI=1S/C15H16N2O2S/c1-2-15(10-6-12-16,11-7-13-17)20(18,19)14-8-4-3-5-9-14/h2-5,8-9H,1,6-7,10-11H2. The number of nitrogens with zero attached hydrogens (tertiary/aromatic N) is 2. The molecule has 0 fully saturated rings. The van der Waals surface area contributed by atoms with E-state index in [-0.39, 0.29) is 30.6 Å². The van der Waals surface area contributed by atoms with Crippen LogP contribution in [0, 0.1) is 22.7 Å². The van der Waals surface area contributed by atoms with Crippen LogP contribution < -0.4 is 0 Å². The second-order valence-electron chi connectivity index (χ2n) is 4.40. The van der Waals surface area contributed by atoms with Gasteiger partial charge in [0.05, 0.1) is 21.8 Å². The Morgan fingerprint density at radius 1 is 1.10 bits per heavy atom. The Bertz CT molecular complexity index is 619. The van der Waals surface area contributed by atoms with Crippen LogP contribution in [0.2, 0.25) is 0 Å². The minimum atomic E-state index is -3.68. The van der Waals surface area contributed by atoms with Crippen molar-refractivity contribution in [2.45, 2.75) is 35.3 Å². The molecule has 0 atom stereocenters. The van der Waals surface area contributed by atoms with E-state index in [2.05, 4.69) is 6.58 Å². The number of sulfone groups is 1. The topological polar surface area (TPSA) is 81.7 Å². The summed E-state index contributed by atoms with van der Waals surface area (Å²) in [5.41, 5.74) is 0. The number of benzene rings is 1. The third-order valence-electron chi connectivity index (χ3n) is 3.28. The maximum atomic E-state index is 12.8. The SMILES string of the molecule is C=CC(CCC#N)(CCC#N)S(=O)(=O)c1ccccc1. The molecule has 0 saturated carbocycles. The number of hydrogen-bond donors (Lipinski definition) is 0. The summed E-state index contributed by atoms with van der Waals surface area (Å²) in [4.78, 5) is 0.191. The molecular formula is C15H16N2O2S. The zero-order valence-electron chi connectivity index (χ0n) is 11.1. The minimum absolute atomic E-state index is 0.101. The maximum Gasteiger partial charge on any atom is 0.187 e. The molecule has 5 heteroatoms. The van der Waals surface area contributed by atoms with Gasteiger partial charge in [0, 0.05) is 12.8 Å². The van der Waals surface area contributed by atoms with Crippen LogP contribution in [0.15, 0.2) is 47.9 Å². The van der Waals surface area contributed by atoms with E-state index >= 15 is 0 Å². The fourth-order valence-corrected chi connectivity index (χ4v) is 4.02. The van der Waals surface area contributed by atoms with Crippen molar-refractivity contribution in [3.05, 3.63) is 43.0 Å². The Morgan fingerprint density at radius 2 is 1.60 bits per heavy atom. The second-order valence-corrected chi connectivity index (χ2v) is 6.69. The first kappa shape index (κ1) is 15.9. The quantitative estimate of drug-likeness (QED) is 0.722. The molecule has 0 aliphatic heterocycles. The second kappa shape index (κ2) is 6.88. The van der Waals surface area contributed by atoms with E-state index in [1.165, 1.54) is 18.2 Å². The van der Waals surface area contributed by atoms with Crippen molar-refractivity contribution in [2.24, 2.45) is 0 Å². The van der Waals surface area contributed by atoms with Gasteiger partial charge >= 0.3 is 0 Å². The molecule has 0 heterocycles. The molecule has 1 aromatic carbocycles. The summed E-state index contributed by atoms with van der Waals surface area (Å²) in [6, 6.07) is 12.0. The Labute approximate surface area is 119 Å². The van der Waals surface area contributed by atoms with Crippen molar-refractivity contribution in [1.29, 1.82) is 10.5 Å². The van der Waals surface area contributed by atoms with Crippen LogP contribution in [-0.2, 0) is 9.84 Å². The van der Waals surface area contributed by atoms with Crippen molar-refractivity contribution in [3.63, 3.8) is 0 Å². The van der Waals surface area contributed by atoms with Gasteiger partial charge in [-0.2, -0.15) is 10.5 Å². The predicted octanol–water partition coefficient (Wildman–Crippen LogP) is 2.99. The molecule has 20 heavy (non-hydrogen) atoms. The van der Waals surface area contributed by atoms with Crippen LogP contribution in [0.4, 0.5) is 0 Å². The largest absolute Gasteiger partial charge is 0.223 e. The van der Waals surface area contributed by atoms with E-state index in [4.69, 9.17) is 10.5 Å². The molecule has 0 unspecified atom stereocenters. The molecule has 0 amide bonds. The summed E-state index contributed by atoms with van der Waals surface area (Å²) in [5, 5.41) is 17.5. The Balaban J connectivity index is 3.32. The highest BCUT2D eigenvalue weighted by Crippen LogP contribution is 2.35. The number of hydrogen-bond acceptors (Lipinski definition) is 4. The lowest BCUT2D eigenvalue weighted by Gasteiger charge is -2.29. The Hall–Kier alpha value is -2.11. The molecule has 4 nitrogen and oxygen atoms in total. The zero-order chi connectivity index (χ0) is 15.1. The molecule has 0 saturated heterocycles. The van der Waals surface area contributed by atoms with Crippen molar-refractivity contribution >= 4 is 9.84 Å². The summed E-state index contributed by atoms with van der Waals surface area (Å²) in [6.45, 7) is 3.63. The first-order valence-electron chi connectivity index (χ1n) is 6.21. The third-order valence-corrected chi connectivity index (χ3v) is 5.82. The summed E-state index contributed by atoms with van der Waals surface area (Å²) in [6.07, 6.45) is 1.86. The molecule has 104 valence electrons. The average Bonchev–Trinajstić information content (AvgIpc) is 2.48. The van der Waals surface area contributed by atoms with Gasteiger partial charge < -0.3 is 0 Å². The average molecular weight is 288 g/mol. The molecule has 0 N–H and O–H groups in total. The van der Waals surface area contributed by atoms with Crippen LogP contribution in [0.1, 0.15) is 25.7 Å². The van der Waals surface area contributed by atoms with Crippen molar-refractivity contribution < 1.29 is 8.42 Å². The van der Waals surface area contributed by atoms with E-state index in [0.29, 0.717) is 0 Å². The van der Waals surface area contributed by atoms with Gasteiger partial charge in [-0.3, -0.25) is 0 Å². The molecular weight excluding hydrogens is 272 g/mol. The van der Waals surface area contributed by atoms with Gasteiger partial charge in [0.25, 0.3) is 0 Å². The van der Waals surface area contributed by atoms with E-state index < -0.39 is 14.6 Å². The van der Waals surface area contributed by atoms with Gasteiger partial charge in [0.1, 0.15) is 0 Å². The van der Waals surface area contributed by atoms with Gasteiger partial charge in [-0.15, -0.1) is 6.58 Å². The Morgan fingerprint density at radius 3 is 2.00 bits per heavy atom.